The second kappa shape index (κ2) is 10.8. The highest BCUT2D eigenvalue weighted by Crippen LogP contribution is 2.23. The molecule has 3 N–H and O–H groups in total. The summed E-state index contributed by atoms with van der Waals surface area (Å²) < 4.78 is 0. The zero-order valence-electron chi connectivity index (χ0n) is 16.1. The number of carbonyl (C=O) groups excluding carboxylic acids is 2. The SMILES string of the molecule is O=C(CCCNC(=O)NC1CCCCC1)NCc1csc(-c2ccccc2)n1. The summed E-state index contributed by atoms with van der Waals surface area (Å²) in [6.07, 6.45) is 6.80. The van der Waals surface area contributed by atoms with Crippen molar-refractivity contribution < 1.29 is 9.59 Å². The van der Waals surface area contributed by atoms with Crippen molar-refractivity contribution in [3.8, 4) is 10.6 Å². The van der Waals surface area contributed by atoms with Gasteiger partial charge < -0.3 is 16.0 Å². The number of hydrogen-bond donors (Lipinski definition) is 3. The van der Waals surface area contributed by atoms with Gasteiger partial charge in [0.05, 0.1) is 12.2 Å². The second-order valence-corrected chi connectivity index (χ2v) is 7.98. The van der Waals surface area contributed by atoms with E-state index in [0.717, 1.165) is 29.1 Å². The van der Waals surface area contributed by atoms with Gasteiger partial charge >= 0.3 is 6.03 Å². The number of thiazole rings is 1. The Morgan fingerprint density at radius 1 is 1.07 bits per heavy atom. The summed E-state index contributed by atoms with van der Waals surface area (Å²) in [4.78, 5) is 28.4. The lowest BCUT2D eigenvalue weighted by molar-refractivity contribution is -0.121. The van der Waals surface area contributed by atoms with Crippen LogP contribution in [0.5, 0.6) is 0 Å². The van der Waals surface area contributed by atoms with Crippen LogP contribution in [0.3, 0.4) is 0 Å². The van der Waals surface area contributed by atoms with Crippen molar-refractivity contribution in [1.82, 2.24) is 20.9 Å². The fraction of sp³-hybridized carbons (Fsp3) is 0.476. The van der Waals surface area contributed by atoms with Gasteiger partial charge in [0.2, 0.25) is 5.91 Å². The molecule has 6 nitrogen and oxygen atoms in total. The predicted octanol–water partition coefficient (Wildman–Crippen LogP) is 3.84. The number of aromatic nitrogens is 1. The number of nitrogens with zero attached hydrogens (tertiary/aromatic N) is 1. The van der Waals surface area contributed by atoms with Gasteiger partial charge in [0.15, 0.2) is 0 Å². The second-order valence-electron chi connectivity index (χ2n) is 7.13. The molecule has 0 aliphatic heterocycles. The molecule has 0 spiro atoms. The molecule has 1 aromatic carbocycles. The van der Waals surface area contributed by atoms with Gasteiger partial charge in [-0.05, 0) is 19.3 Å². The molecule has 1 saturated carbocycles. The Labute approximate surface area is 170 Å². The highest BCUT2D eigenvalue weighted by molar-refractivity contribution is 7.13. The van der Waals surface area contributed by atoms with E-state index in [2.05, 4.69) is 20.9 Å². The molecule has 2 aromatic rings. The minimum atomic E-state index is -0.122. The molecule has 0 radical (unpaired) electrons. The normalized spacial score (nSPS) is 14.4. The van der Waals surface area contributed by atoms with Crippen LogP contribution < -0.4 is 16.0 Å². The maximum absolute atomic E-state index is 12.0. The molecule has 3 amide bonds. The highest BCUT2D eigenvalue weighted by Gasteiger charge is 2.15. The zero-order valence-corrected chi connectivity index (χ0v) is 16.9. The van der Waals surface area contributed by atoms with Crippen molar-refractivity contribution in [2.24, 2.45) is 0 Å². The van der Waals surface area contributed by atoms with E-state index in [1.54, 1.807) is 11.3 Å². The molecule has 0 saturated heterocycles. The van der Waals surface area contributed by atoms with Crippen LogP contribution in [-0.4, -0.2) is 29.5 Å². The van der Waals surface area contributed by atoms with Gasteiger partial charge in [-0.3, -0.25) is 4.79 Å². The van der Waals surface area contributed by atoms with Gasteiger partial charge in [-0.2, -0.15) is 0 Å². The molecule has 0 unspecified atom stereocenters. The average molecular weight is 401 g/mol. The van der Waals surface area contributed by atoms with Crippen molar-refractivity contribution in [3.05, 3.63) is 41.4 Å². The quantitative estimate of drug-likeness (QED) is 0.589. The van der Waals surface area contributed by atoms with Crippen LogP contribution >= 0.6 is 11.3 Å². The fourth-order valence-electron chi connectivity index (χ4n) is 3.31. The summed E-state index contributed by atoms with van der Waals surface area (Å²) >= 11 is 1.58. The fourth-order valence-corrected chi connectivity index (χ4v) is 4.14. The third kappa shape index (κ3) is 6.64. The van der Waals surface area contributed by atoms with Crippen LogP contribution in [0.4, 0.5) is 4.79 Å². The van der Waals surface area contributed by atoms with E-state index in [4.69, 9.17) is 0 Å². The van der Waals surface area contributed by atoms with Crippen LogP contribution in [0.1, 0.15) is 50.6 Å². The van der Waals surface area contributed by atoms with Crippen LogP contribution in [-0.2, 0) is 11.3 Å². The topological polar surface area (TPSA) is 83.1 Å². The van der Waals surface area contributed by atoms with Crippen LogP contribution in [0.15, 0.2) is 35.7 Å². The molecule has 1 fully saturated rings. The molecule has 0 atom stereocenters. The van der Waals surface area contributed by atoms with Crippen LogP contribution in [0.2, 0.25) is 0 Å². The number of nitrogens with one attached hydrogen (secondary N) is 3. The van der Waals surface area contributed by atoms with Crippen molar-refractivity contribution in [2.45, 2.75) is 57.5 Å². The van der Waals surface area contributed by atoms with Gasteiger partial charge in [0.25, 0.3) is 0 Å². The summed E-state index contributed by atoms with van der Waals surface area (Å²) in [5, 5.41) is 11.7. The largest absolute Gasteiger partial charge is 0.350 e. The Morgan fingerprint density at radius 2 is 1.86 bits per heavy atom. The Kier molecular flexibility index (Phi) is 7.84. The summed E-state index contributed by atoms with van der Waals surface area (Å²) in [7, 11) is 0. The maximum Gasteiger partial charge on any atom is 0.315 e. The Morgan fingerprint density at radius 3 is 2.64 bits per heavy atom. The Bertz CT molecular complexity index is 757. The van der Waals surface area contributed by atoms with E-state index in [9.17, 15) is 9.59 Å². The molecular formula is C21H28N4O2S. The molecule has 7 heteroatoms. The number of amides is 3. The number of carbonyl (C=O) groups is 2. The van der Waals surface area contributed by atoms with Crippen molar-refractivity contribution in [1.29, 1.82) is 0 Å². The number of hydrogen-bond acceptors (Lipinski definition) is 4. The monoisotopic (exact) mass is 400 g/mol. The minimum absolute atomic E-state index is 0.0243. The third-order valence-corrected chi connectivity index (χ3v) is 5.79. The van der Waals surface area contributed by atoms with Gasteiger partial charge in [-0.1, -0.05) is 49.6 Å². The first-order valence-electron chi connectivity index (χ1n) is 10.0. The molecular weight excluding hydrogens is 372 g/mol. The lowest BCUT2D eigenvalue weighted by Crippen LogP contribution is -2.43. The molecule has 1 aromatic heterocycles. The van der Waals surface area contributed by atoms with Crippen molar-refractivity contribution in [2.75, 3.05) is 6.54 Å². The van der Waals surface area contributed by atoms with Gasteiger partial charge in [-0.15, -0.1) is 11.3 Å². The third-order valence-electron chi connectivity index (χ3n) is 4.85. The molecule has 150 valence electrons. The summed E-state index contributed by atoms with van der Waals surface area (Å²) in [6, 6.07) is 10.2. The predicted molar refractivity (Wildman–Crippen MR) is 112 cm³/mol. The summed E-state index contributed by atoms with van der Waals surface area (Å²) in [5.41, 5.74) is 1.95. The lowest BCUT2D eigenvalue weighted by atomic mass is 9.96. The number of rotatable bonds is 8. The van der Waals surface area contributed by atoms with E-state index in [1.165, 1.54) is 19.3 Å². The summed E-state index contributed by atoms with van der Waals surface area (Å²) in [5.74, 6) is -0.0243. The number of benzene rings is 1. The highest BCUT2D eigenvalue weighted by atomic mass is 32.1. The molecule has 0 bridgehead atoms. The first kappa shape index (κ1) is 20.3. The van der Waals surface area contributed by atoms with Crippen LogP contribution in [0.25, 0.3) is 10.6 Å². The molecule has 1 aliphatic carbocycles. The number of urea groups is 1. The van der Waals surface area contributed by atoms with Crippen molar-refractivity contribution in [3.63, 3.8) is 0 Å². The summed E-state index contributed by atoms with van der Waals surface area (Å²) in [6.45, 7) is 0.929. The first-order chi connectivity index (χ1) is 13.7. The molecule has 3 rings (SSSR count). The lowest BCUT2D eigenvalue weighted by Gasteiger charge is -2.22. The maximum atomic E-state index is 12.0. The Balaban J connectivity index is 1.28. The van der Waals surface area contributed by atoms with E-state index in [-0.39, 0.29) is 11.9 Å². The zero-order chi connectivity index (χ0) is 19.6. The van der Waals surface area contributed by atoms with E-state index in [1.807, 2.05) is 35.7 Å². The molecule has 1 aliphatic rings. The van der Waals surface area contributed by atoms with Gasteiger partial charge in [-0.25, -0.2) is 9.78 Å². The first-order valence-corrected chi connectivity index (χ1v) is 10.9. The van der Waals surface area contributed by atoms with Gasteiger partial charge in [0, 0.05) is 30.0 Å². The minimum Gasteiger partial charge on any atom is -0.350 e. The van der Waals surface area contributed by atoms with Crippen molar-refractivity contribution >= 4 is 23.3 Å². The average Bonchev–Trinajstić information content (AvgIpc) is 3.20. The molecule has 1 heterocycles. The van der Waals surface area contributed by atoms with E-state index < -0.39 is 0 Å². The standard InChI is InChI=1S/C21H28N4O2S/c26-19(12-7-13-22-21(27)25-17-10-5-2-6-11-17)23-14-18-15-28-20(24-18)16-8-3-1-4-9-16/h1,3-4,8-9,15,17H,2,5-7,10-14H2,(H,23,26)(H2,22,25,27). The van der Waals surface area contributed by atoms with Crippen LogP contribution in [0, 0.1) is 0 Å². The van der Waals surface area contributed by atoms with Gasteiger partial charge in [0.1, 0.15) is 5.01 Å². The Hall–Kier alpha value is -2.41. The smallest absolute Gasteiger partial charge is 0.315 e. The molecule has 28 heavy (non-hydrogen) atoms. The van der Waals surface area contributed by atoms with E-state index >= 15 is 0 Å². The van der Waals surface area contributed by atoms with E-state index in [0.29, 0.717) is 32.0 Å².